The van der Waals surface area contributed by atoms with Crippen LogP contribution in [0.15, 0.2) is 23.3 Å². The molecule has 2 saturated carbocycles. The fraction of sp³-hybridized carbons (Fsp3) is 0.786. The summed E-state index contributed by atoms with van der Waals surface area (Å²) in [5.74, 6) is -0.790. The van der Waals surface area contributed by atoms with Crippen LogP contribution in [-0.2, 0) is 14.3 Å². The fourth-order valence-corrected chi connectivity index (χ4v) is 7.53. The smallest absolute Gasteiger partial charge is 0.306 e. The Bertz CT molecular complexity index is 903. The summed E-state index contributed by atoms with van der Waals surface area (Å²) in [5.41, 5.74) is -2.65. The third-order valence-electron chi connectivity index (χ3n) is 9.63. The second kappa shape index (κ2) is 8.86. The van der Waals surface area contributed by atoms with Gasteiger partial charge in [0, 0.05) is 12.3 Å². The summed E-state index contributed by atoms with van der Waals surface area (Å²) < 4.78 is 5.52. The highest BCUT2D eigenvalue weighted by Gasteiger charge is 2.75. The molecule has 34 heavy (non-hydrogen) atoms. The van der Waals surface area contributed by atoms with E-state index in [2.05, 4.69) is 20.8 Å². The van der Waals surface area contributed by atoms with Crippen molar-refractivity contribution in [2.45, 2.75) is 97.4 Å². The van der Waals surface area contributed by atoms with Gasteiger partial charge in [-0.2, -0.15) is 0 Å². The number of fused-ring (bicyclic) bond motifs is 3. The lowest BCUT2D eigenvalue weighted by Crippen LogP contribution is -2.65. The van der Waals surface area contributed by atoms with Crippen molar-refractivity contribution in [3.63, 3.8) is 0 Å². The average molecular weight is 475 g/mol. The van der Waals surface area contributed by atoms with E-state index in [1.165, 1.54) is 0 Å². The van der Waals surface area contributed by atoms with Crippen LogP contribution in [0.2, 0.25) is 0 Å². The minimum Gasteiger partial charge on any atom is -0.461 e. The summed E-state index contributed by atoms with van der Waals surface area (Å²) in [6.45, 7) is 9.95. The van der Waals surface area contributed by atoms with Crippen LogP contribution < -0.4 is 0 Å². The van der Waals surface area contributed by atoms with Gasteiger partial charge < -0.3 is 20.1 Å². The van der Waals surface area contributed by atoms with Gasteiger partial charge in [0.1, 0.15) is 24.4 Å². The maximum absolute atomic E-state index is 14.2. The predicted molar refractivity (Wildman–Crippen MR) is 129 cm³/mol. The lowest BCUT2D eigenvalue weighted by molar-refractivity contribution is -0.190. The number of allylic oxidation sites excluding steroid dienone is 1. The van der Waals surface area contributed by atoms with Crippen LogP contribution in [0, 0.1) is 34.5 Å². The Balaban J connectivity index is 1.62. The Labute approximate surface area is 203 Å². The molecule has 0 saturated heterocycles. The molecule has 4 aliphatic rings. The monoisotopic (exact) mass is 474 g/mol. The van der Waals surface area contributed by atoms with Crippen molar-refractivity contribution >= 4 is 11.8 Å². The zero-order valence-corrected chi connectivity index (χ0v) is 21.3. The quantitative estimate of drug-likeness (QED) is 0.281. The minimum atomic E-state index is -2.08. The van der Waals surface area contributed by atoms with E-state index >= 15 is 0 Å². The zero-order valence-electron chi connectivity index (χ0n) is 21.3. The molecule has 2 fully saturated rings. The third-order valence-corrected chi connectivity index (χ3v) is 9.63. The molecule has 190 valence electrons. The summed E-state index contributed by atoms with van der Waals surface area (Å²) >= 11 is 0. The van der Waals surface area contributed by atoms with Gasteiger partial charge in [-0.05, 0) is 54.1 Å². The summed E-state index contributed by atoms with van der Waals surface area (Å²) in [4.78, 5) is 26.5. The van der Waals surface area contributed by atoms with E-state index in [0.29, 0.717) is 23.5 Å². The van der Waals surface area contributed by atoms with Crippen molar-refractivity contribution < 1.29 is 29.6 Å². The van der Waals surface area contributed by atoms with Gasteiger partial charge in [0.05, 0.1) is 5.41 Å². The molecule has 4 aliphatic carbocycles. The number of hydrogen-bond donors (Lipinski definition) is 3. The molecule has 3 N–H and O–H groups in total. The molecule has 0 aromatic heterocycles. The minimum absolute atomic E-state index is 0.0175. The Hall–Kier alpha value is -1.50. The fourth-order valence-electron chi connectivity index (χ4n) is 7.53. The number of ketones is 1. The molecule has 8 atom stereocenters. The maximum Gasteiger partial charge on any atom is 0.306 e. The molecule has 6 heteroatoms. The Kier molecular flexibility index (Phi) is 6.67. The molecule has 0 amide bonds. The zero-order chi connectivity index (χ0) is 25.1. The standard InChI is InChI=1S/C28H42O6/c1-6-7-8-9-10-11-21(29)34-15-18-13-19-22-20(26(22,4)5)12-17(3)27(25(19)32)14-16(2)23(30)28(27,33)24(18)31/h13-14,17,19-20,22-24,30-31,33H,6-12,15H2,1-5H3. The Morgan fingerprint density at radius 3 is 2.50 bits per heavy atom. The highest BCUT2D eigenvalue weighted by atomic mass is 16.5. The van der Waals surface area contributed by atoms with Crippen molar-refractivity contribution in [3.05, 3.63) is 23.3 Å². The third kappa shape index (κ3) is 3.55. The summed E-state index contributed by atoms with van der Waals surface area (Å²) in [7, 11) is 0. The predicted octanol–water partition coefficient (Wildman–Crippen LogP) is 3.73. The SMILES string of the molecule is CCCCCCCC(=O)OCC1=CC2C(=O)C3(C=C(C)C(O)C3(O)C1O)C(C)CC1C2C1(C)C. The molecule has 0 radical (unpaired) electrons. The normalized spacial score (nSPS) is 42.1. The lowest BCUT2D eigenvalue weighted by atomic mass is 9.59. The van der Waals surface area contributed by atoms with Crippen LogP contribution in [-0.4, -0.2) is 51.5 Å². The van der Waals surface area contributed by atoms with E-state index in [1.807, 2.05) is 6.92 Å². The highest BCUT2D eigenvalue weighted by molar-refractivity contribution is 5.95. The summed E-state index contributed by atoms with van der Waals surface area (Å²) in [6.07, 6.45) is 6.76. The second-order valence-corrected chi connectivity index (χ2v) is 11.9. The lowest BCUT2D eigenvalue weighted by Gasteiger charge is -2.48. The van der Waals surface area contributed by atoms with E-state index in [-0.39, 0.29) is 35.6 Å². The largest absolute Gasteiger partial charge is 0.461 e. The van der Waals surface area contributed by atoms with Gasteiger partial charge in [0.25, 0.3) is 0 Å². The number of carbonyl (C=O) groups excluding carboxylic acids is 2. The number of unbranched alkanes of at least 4 members (excludes halogenated alkanes) is 4. The summed E-state index contributed by atoms with van der Waals surface area (Å²) in [6, 6.07) is 0. The van der Waals surface area contributed by atoms with Gasteiger partial charge >= 0.3 is 5.97 Å². The van der Waals surface area contributed by atoms with E-state index < -0.39 is 29.1 Å². The molecule has 6 nitrogen and oxygen atoms in total. The summed E-state index contributed by atoms with van der Waals surface area (Å²) in [5, 5.41) is 34.6. The number of ether oxygens (including phenoxy) is 1. The highest BCUT2D eigenvalue weighted by Crippen LogP contribution is 2.71. The molecule has 8 unspecified atom stereocenters. The first kappa shape index (κ1) is 25.6. The van der Waals surface area contributed by atoms with Crippen molar-refractivity contribution in [3.8, 4) is 0 Å². The molecule has 2 bridgehead atoms. The van der Waals surface area contributed by atoms with E-state index in [0.717, 1.165) is 38.5 Å². The first-order chi connectivity index (χ1) is 15.9. The van der Waals surface area contributed by atoms with Crippen LogP contribution in [0.3, 0.4) is 0 Å². The molecule has 4 rings (SSSR count). The first-order valence-corrected chi connectivity index (χ1v) is 13.1. The number of hydrogen-bond acceptors (Lipinski definition) is 6. The topological polar surface area (TPSA) is 104 Å². The van der Waals surface area contributed by atoms with E-state index in [9.17, 15) is 24.9 Å². The van der Waals surface area contributed by atoms with Crippen LogP contribution in [0.25, 0.3) is 0 Å². The molecule has 0 aliphatic heterocycles. The van der Waals surface area contributed by atoms with Gasteiger partial charge in [-0.25, -0.2) is 0 Å². The van der Waals surface area contributed by atoms with Gasteiger partial charge in [0.2, 0.25) is 0 Å². The van der Waals surface area contributed by atoms with Crippen molar-refractivity contribution in [1.82, 2.24) is 0 Å². The van der Waals surface area contributed by atoms with Gasteiger partial charge in [-0.3, -0.25) is 9.59 Å². The number of aliphatic hydroxyl groups is 3. The van der Waals surface area contributed by atoms with Crippen LogP contribution >= 0.6 is 0 Å². The van der Waals surface area contributed by atoms with E-state index in [4.69, 9.17) is 4.74 Å². The number of carbonyl (C=O) groups is 2. The molecule has 0 aromatic carbocycles. The number of rotatable bonds is 8. The maximum atomic E-state index is 14.2. The first-order valence-electron chi connectivity index (χ1n) is 13.1. The molecular formula is C28H42O6. The van der Waals surface area contributed by atoms with Gasteiger partial charge in [-0.15, -0.1) is 0 Å². The van der Waals surface area contributed by atoms with Crippen molar-refractivity contribution in [2.75, 3.05) is 6.61 Å². The van der Waals surface area contributed by atoms with E-state index in [1.54, 1.807) is 19.1 Å². The Morgan fingerprint density at radius 2 is 1.82 bits per heavy atom. The van der Waals surface area contributed by atoms with Gasteiger partial charge in [0.15, 0.2) is 5.78 Å². The number of aliphatic hydroxyl groups excluding tert-OH is 2. The van der Waals surface area contributed by atoms with Crippen LogP contribution in [0.1, 0.15) is 79.6 Å². The molecule has 0 heterocycles. The van der Waals surface area contributed by atoms with Crippen LogP contribution in [0.5, 0.6) is 0 Å². The van der Waals surface area contributed by atoms with Crippen molar-refractivity contribution in [2.24, 2.45) is 34.5 Å². The van der Waals surface area contributed by atoms with Crippen LogP contribution in [0.4, 0.5) is 0 Å². The molecular weight excluding hydrogens is 432 g/mol. The second-order valence-electron chi connectivity index (χ2n) is 11.9. The number of esters is 1. The van der Waals surface area contributed by atoms with Gasteiger partial charge in [-0.1, -0.05) is 65.5 Å². The van der Waals surface area contributed by atoms with Crippen molar-refractivity contribution in [1.29, 1.82) is 0 Å². The molecule has 0 aromatic rings. The number of Topliss-reactive ketones (excluding diaryl/α,β-unsaturated/α-hetero) is 1. The molecule has 1 spiro atoms. The Morgan fingerprint density at radius 1 is 1.15 bits per heavy atom. The average Bonchev–Trinajstić information content (AvgIpc) is 3.29.